The van der Waals surface area contributed by atoms with Crippen LogP contribution in [0.1, 0.15) is 54.4 Å². The zero-order valence-corrected chi connectivity index (χ0v) is 25.1. The van der Waals surface area contributed by atoms with E-state index in [9.17, 15) is 0 Å². The number of nitrogens with one attached hydrogen (secondary N) is 2. The molecule has 1 aromatic heterocycles. The average Bonchev–Trinajstić information content (AvgIpc) is 2.86. The highest BCUT2D eigenvalue weighted by molar-refractivity contribution is 6.61. The van der Waals surface area contributed by atoms with E-state index in [4.69, 9.17) is 32.1 Å². The molecule has 0 atom stereocenters. The molecule has 0 aliphatic rings. The summed E-state index contributed by atoms with van der Waals surface area (Å²) in [7, 11) is -5.45. The number of azide groups is 1. The third-order valence-electron chi connectivity index (χ3n) is 4.83. The lowest BCUT2D eigenvalue weighted by atomic mass is 10.5. The Morgan fingerprint density at radius 1 is 0.649 bits per heavy atom. The molecule has 212 valence electrons. The molecule has 1 heterocycles. The first-order chi connectivity index (χ1) is 18.0. The van der Waals surface area contributed by atoms with Crippen LogP contribution in [-0.2, 0) is 26.6 Å². The van der Waals surface area contributed by atoms with E-state index in [1.54, 1.807) is 0 Å². The van der Waals surface area contributed by atoms with E-state index in [1.807, 2.05) is 41.5 Å². The summed E-state index contributed by atoms with van der Waals surface area (Å²) in [5.74, 6) is 0.585. The Kier molecular flexibility index (Phi) is 17.2. The van der Waals surface area contributed by atoms with E-state index in [0.717, 1.165) is 12.8 Å². The predicted octanol–water partition coefficient (Wildman–Crippen LogP) is 4.51. The summed E-state index contributed by atoms with van der Waals surface area (Å²) in [6.45, 7) is 15.9. The van der Waals surface area contributed by atoms with Crippen LogP contribution in [0, 0.1) is 0 Å². The van der Waals surface area contributed by atoms with Gasteiger partial charge in [0.2, 0.25) is 17.8 Å². The number of rotatable bonds is 23. The van der Waals surface area contributed by atoms with Crippen molar-refractivity contribution >= 4 is 35.5 Å². The van der Waals surface area contributed by atoms with Gasteiger partial charge in [-0.3, -0.25) is 0 Å². The van der Waals surface area contributed by atoms with Gasteiger partial charge in [-0.05, 0) is 65.0 Å². The molecule has 0 saturated carbocycles. The van der Waals surface area contributed by atoms with Gasteiger partial charge >= 0.3 is 17.6 Å². The quantitative estimate of drug-likeness (QED) is 0.0635. The maximum Gasteiger partial charge on any atom is 0.500 e. The van der Waals surface area contributed by atoms with E-state index >= 15 is 0 Å². The molecule has 1 rings (SSSR count). The maximum absolute atomic E-state index is 8.85. The molecule has 0 aromatic carbocycles. The van der Waals surface area contributed by atoms with Gasteiger partial charge in [0.15, 0.2) is 0 Å². The number of hydrogen-bond donors (Lipinski definition) is 2. The third kappa shape index (κ3) is 12.5. The van der Waals surface area contributed by atoms with Crippen LogP contribution in [0.15, 0.2) is 5.11 Å². The largest absolute Gasteiger partial charge is 0.500 e. The Hall–Kier alpha value is -1.89. The zero-order chi connectivity index (χ0) is 27.4. The van der Waals surface area contributed by atoms with Gasteiger partial charge in [0, 0.05) is 69.7 Å². The third-order valence-corrected chi connectivity index (χ3v) is 11.1. The van der Waals surface area contributed by atoms with Crippen molar-refractivity contribution in [1.82, 2.24) is 15.0 Å². The zero-order valence-electron chi connectivity index (χ0n) is 23.1. The van der Waals surface area contributed by atoms with E-state index in [1.165, 1.54) is 0 Å². The highest BCUT2D eigenvalue weighted by Gasteiger charge is 2.40. The van der Waals surface area contributed by atoms with Crippen molar-refractivity contribution in [1.29, 1.82) is 0 Å². The van der Waals surface area contributed by atoms with Gasteiger partial charge in [0.1, 0.15) is 0 Å². The van der Waals surface area contributed by atoms with E-state index in [-0.39, 0.29) is 5.95 Å². The first kappa shape index (κ1) is 33.1. The van der Waals surface area contributed by atoms with Crippen LogP contribution in [-0.4, -0.2) is 85.3 Å². The van der Waals surface area contributed by atoms with Crippen molar-refractivity contribution < 1.29 is 26.6 Å². The monoisotopic (exact) mass is 560 g/mol. The lowest BCUT2D eigenvalue weighted by Crippen LogP contribution is -2.46. The molecule has 0 fully saturated rings. The standard InChI is InChI=1S/C21H44N8O6Si2/c1-7-30-36(31-8-2,32-9-3)17-13-15-23-19-25-20(27-21(26-19)28-29-22)24-16-14-18-37(33-10-4,34-11-5)35-12-6/h7-18H2,1-6H3,(H2,23,24,25,26,27). The topological polar surface area (TPSA) is 167 Å². The molecule has 0 amide bonds. The normalized spacial score (nSPS) is 11.8. The Morgan fingerprint density at radius 2 is 1.00 bits per heavy atom. The summed E-state index contributed by atoms with van der Waals surface area (Å²) in [5, 5.41) is 9.87. The minimum absolute atomic E-state index is 0.0224. The first-order valence-corrected chi connectivity index (χ1v) is 16.9. The van der Waals surface area contributed by atoms with Gasteiger partial charge in [-0.15, -0.1) is 0 Å². The van der Waals surface area contributed by atoms with E-state index in [0.29, 0.717) is 76.7 Å². The molecule has 0 saturated heterocycles. The highest BCUT2D eigenvalue weighted by Crippen LogP contribution is 2.20. The van der Waals surface area contributed by atoms with Crippen LogP contribution in [0.25, 0.3) is 10.4 Å². The van der Waals surface area contributed by atoms with Crippen LogP contribution in [0.4, 0.5) is 17.8 Å². The summed E-state index contributed by atoms with van der Waals surface area (Å²) in [6, 6.07) is 1.31. The lowest BCUT2D eigenvalue weighted by molar-refractivity contribution is 0.0702. The molecule has 0 unspecified atom stereocenters. The highest BCUT2D eigenvalue weighted by atomic mass is 28.4. The fourth-order valence-corrected chi connectivity index (χ4v) is 8.84. The van der Waals surface area contributed by atoms with Crippen molar-refractivity contribution in [3.8, 4) is 0 Å². The van der Waals surface area contributed by atoms with Crippen molar-refractivity contribution in [3.05, 3.63) is 10.4 Å². The van der Waals surface area contributed by atoms with Crippen LogP contribution < -0.4 is 10.6 Å². The van der Waals surface area contributed by atoms with E-state index < -0.39 is 17.6 Å². The molecular weight excluding hydrogens is 516 g/mol. The van der Waals surface area contributed by atoms with Crippen molar-refractivity contribution in [2.45, 2.75) is 66.5 Å². The maximum atomic E-state index is 8.85. The van der Waals surface area contributed by atoms with Gasteiger partial charge in [-0.2, -0.15) is 15.0 Å². The Bertz CT molecular complexity index is 720. The van der Waals surface area contributed by atoms with Gasteiger partial charge in [-0.25, -0.2) is 0 Å². The number of nitrogens with zero attached hydrogens (tertiary/aromatic N) is 6. The van der Waals surface area contributed by atoms with Crippen molar-refractivity contribution in [2.24, 2.45) is 5.11 Å². The summed E-state index contributed by atoms with van der Waals surface area (Å²) in [6.07, 6.45) is 1.44. The second-order valence-electron chi connectivity index (χ2n) is 7.50. The van der Waals surface area contributed by atoms with Gasteiger partial charge < -0.3 is 37.2 Å². The molecule has 0 aliphatic heterocycles. The molecule has 0 bridgehead atoms. The minimum atomic E-state index is -2.72. The van der Waals surface area contributed by atoms with Crippen molar-refractivity contribution in [3.63, 3.8) is 0 Å². The molecule has 0 radical (unpaired) electrons. The Balaban J connectivity index is 2.76. The Labute approximate surface area is 222 Å². The Morgan fingerprint density at radius 3 is 1.30 bits per heavy atom. The molecule has 1 aromatic rings. The smallest absolute Gasteiger partial charge is 0.374 e. The average molecular weight is 561 g/mol. The molecule has 2 N–H and O–H groups in total. The molecular formula is C21H44N8O6Si2. The van der Waals surface area contributed by atoms with Crippen LogP contribution in [0.2, 0.25) is 12.1 Å². The summed E-state index contributed by atoms with van der Waals surface area (Å²) < 4.78 is 35.4. The van der Waals surface area contributed by atoms with Crippen LogP contribution in [0.5, 0.6) is 0 Å². The number of anilines is 2. The predicted molar refractivity (Wildman–Crippen MR) is 146 cm³/mol. The first-order valence-electron chi connectivity index (χ1n) is 13.1. The number of hydrogen-bond acceptors (Lipinski definition) is 12. The van der Waals surface area contributed by atoms with Gasteiger partial charge in [0.05, 0.1) is 0 Å². The fraction of sp³-hybridized carbons (Fsp3) is 0.857. The molecule has 0 spiro atoms. The van der Waals surface area contributed by atoms with Crippen LogP contribution in [0.3, 0.4) is 0 Å². The van der Waals surface area contributed by atoms with Crippen molar-refractivity contribution in [2.75, 3.05) is 63.4 Å². The summed E-state index contributed by atoms with van der Waals surface area (Å²) >= 11 is 0. The summed E-state index contributed by atoms with van der Waals surface area (Å²) in [5.41, 5.74) is 8.85. The summed E-state index contributed by atoms with van der Waals surface area (Å²) in [4.78, 5) is 15.6. The van der Waals surface area contributed by atoms with Crippen LogP contribution >= 0.6 is 0 Å². The minimum Gasteiger partial charge on any atom is -0.374 e. The molecule has 14 nitrogen and oxygen atoms in total. The second kappa shape index (κ2) is 19.2. The second-order valence-corrected chi connectivity index (χ2v) is 13.0. The number of aromatic nitrogens is 3. The molecule has 16 heteroatoms. The fourth-order valence-electron chi connectivity index (χ4n) is 3.62. The lowest BCUT2D eigenvalue weighted by Gasteiger charge is -2.28. The SMILES string of the molecule is CCO[Si](CCCNc1nc(N=[N+]=[N-])nc(NCCC[Si](OCC)(OCC)OCC)n1)(OCC)OCC. The van der Waals surface area contributed by atoms with Gasteiger partial charge in [0.25, 0.3) is 0 Å². The van der Waals surface area contributed by atoms with Gasteiger partial charge in [-0.1, -0.05) is 0 Å². The van der Waals surface area contributed by atoms with E-state index in [2.05, 4.69) is 35.6 Å². The molecule has 37 heavy (non-hydrogen) atoms. The molecule has 0 aliphatic carbocycles.